The molecule has 5 nitrogen and oxygen atoms in total. The SMILES string of the molecule is CCC(C)c1ccccc1OCCCCn1c(C2CC(=O)N(c3cccc(Cl)c3)C2)nc2ccccc21. The molecule has 0 N–H and O–H groups in total. The second kappa shape index (κ2) is 11.4. The summed E-state index contributed by atoms with van der Waals surface area (Å²) in [5.74, 6) is 2.62. The van der Waals surface area contributed by atoms with Crippen molar-refractivity contribution < 1.29 is 9.53 Å². The molecule has 1 amide bonds. The van der Waals surface area contributed by atoms with Gasteiger partial charge in [0.05, 0.1) is 17.6 Å². The first-order chi connectivity index (χ1) is 18.0. The summed E-state index contributed by atoms with van der Waals surface area (Å²) in [4.78, 5) is 19.8. The summed E-state index contributed by atoms with van der Waals surface area (Å²) in [5.41, 5.74) is 4.22. The van der Waals surface area contributed by atoms with Gasteiger partial charge in [0.15, 0.2) is 0 Å². The number of fused-ring (bicyclic) bond motifs is 1. The maximum Gasteiger partial charge on any atom is 0.227 e. The first-order valence-electron chi connectivity index (χ1n) is 13.3. The molecule has 192 valence electrons. The van der Waals surface area contributed by atoms with Gasteiger partial charge >= 0.3 is 0 Å². The Morgan fingerprint density at radius 1 is 1.05 bits per heavy atom. The normalized spacial score (nSPS) is 16.5. The second-order valence-corrected chi connectivity index (χ2v) is 10.3. The maximum absolute atomic E-state index is 13.0. The molecule has 1 fully saturated rings. The lowest BCUT2D eigenvalue weighted by atomic mass is 9.98. The first-order valence-corrected chi connectivity index (χ1v) is 13.7. The fraction of sp³-hybridized carbons (Fsp3) is 0.355. The third-order valence-corrected chi connectivity index (χ3v) is 7.63. The number of hydrogen-bond acceptors (Lipinski definition) is 3. The number of anilines is 1. The number of hydrogen-bond donors (Lipinski definition) is 0. The van der Waals surface area contributed by atoms with E-state index in [2.05, 4.69) is 54.8 Å². The van der Waals surface area contributed by atoms with Crippen molar-refractivity contribution in [1.29, 1.82) is 0 Å². The van der Waals surface area contributed by atoms with E-state index >= 15 is 0 Å². The third-order valence-electron chi connectivity index (χ3n) is 7.39. The number of halogens is 1. The fourth-order valence-corrected chi connectivity index (χ4v) is 5.39. The zero-order valence-electron chi connectivity index (χ0n) is 21.6. The van der Waals surface area contributed by atoms with Gasteiger partial charge < -0.3 is 14.2 Å². The number of imidazole rings is 1. The zero-order chi connectivity index (χ0) is 25.8. The lowest BCUT2D eigenvalue weighted by Gasteiger charge is -2.18. The standard InChI is InChI=1S/C31H34ClN3O2/c1-3-22(2)26-13-4-7-16-29(26)37-18-9-8-17-34-28-15-6-5-14-27(28)33-31(34)23-19-30(36)35(21-23)25-12-10-11-24(32)20-25/h4-7,10-16,20,22-23H,3,8-9,17-19,21H2,1-2H3. The summed E-state index contributed by atoms with van der Waals surface area (Å²) < 4.78 is 8.50. The predicted octanol–water partition coefficient (Wildman–Crippen LogP) is 7.58. The van der Waals surface area contributed by atoms with Gasteiger partial charge in [0.2, 0.25) is 5.91 Å². The van der Waals surface area contributed by atoms with E-state index in [4.69, 9.17) is 21.3 Å². The average molecular weight is 516 g/mol. The maximum atomic E-state index is 13.0. The van der Waals surface area contributed by atoms with Crippen LogP contribution < -0.4 is 9.64 Å². The Morgan fingerprint density at radius 2 is 1.86 bits per heavy atom. The fourth-order valence-electron chi connectivity index (χ4n) is 5.21. The molecule has 2 heterocycles. The molecule has 0 bridgehead atoms. The van der Waals surface area contributed by atoms with Crippen LogP contribution in [0.15, 0.2) is 72.8 Å². The number of benzene rings is 3. The molecule has 1 aromatic heterocycles. The minimum atomic E-state index is 0.0394. The van der Waals surface area contributed by atoms with Crippen molar-refractivity contribution in [3.05, 3.63) is 89.2 Å². The summed E-state index contributed by atoms with van der Waals surface area (Å²) in [7, 11) is 0. The highest BCUT2D eigenvalue weighted by Crippen LogP contribution is 2.34. The number of aryl methyl sites for hydroxylation is 1. The van der Waals surface area contributed by atoms with Gasteiger partial charge in [0.25, 0.3) is 0 Å². The summed E-state index contributed by atoms with van der Waals surface area (Å²) >= 11 is 6.19. The quantitative estimate of drug-likeness (QED) is 0.204. The van der Waals surface area contributed by atoms with Crippen molar-refractivity contribution in [2.24, 2.45) is 0 Å². The number of ether oxygens (including phenoxy) is 1. The third kappa shape index (κ3) is 5.52. The minimum absolute atomic E-state index is 0.0394. The second-order valence-electron chi connectivity index (χ2n) is 9.90. The van der Waals surface area contributed by atoms with Gasteiger partial charge in [0.1, 0.15) is 11.6 Å². The Balaban J connectivity index is 1.28. The van der Waals surface area contributed by atoms with Gasteiger partial charge in [0, 0.05) is 36.1 Å². The van der Waals surface area contributed by atoms with Crippen molar-refractivity contribution in [2.75, 3.05) is 18.1 Å². The summed E-state index contributed by atoms with van der Waals surface area (Å²) in [6, 6.07) is 24.1. The van der Waals surface area contributed by atoms with Crippen molar-refractivity contribution in [1.82, 2.24) is 9.55 Å². The molecule has 0 spiro atoms. The van der Waals surface area contributed by atoms with E-state index in [1.165, 1.54) is 5.56 Å². The van der Waals surface area contributed by atoms with Crippen molar-refractivity contribution in [3.8, 4) is 5.75 Å². The van der Waals surface area contributed by atoms with Crippen LogP contribution in [0.5, 0.6) is 5.75 Å². The zero-order valence-corrected chi connectivity index (χ0v) is 22.3. The van der Waals surface area contributed by atoms with Crippen LogP contribution in [-0.2, 0) is 11.3 Å². The van der Waals surface area contributed by atoms with Crippen molar-refractivity contribution >= 4 is 34.2 Å². The van der Waals surface area contributed by atoms with Crippen LogP contribution >= 0.6 is 11.6 Å². The van der Waals surface area contributed by atoms with Crippen LogP contribution in [0.4, 0.5) is 5.69 Å². The Hall–Kier alpha value is -3.31. The lowest BCUT2D eigenvalue weighted by Crippen LogP contribution is -2.24. The van der Waals surface area contributed by atoms with E-state index in [0.717, 1.165) is 54.1 Å². The van der Waals surface area contributed by atoms with E-state index in [1.807, 2.05) is 41.3 Å². The van der Waals surface area contributed by atoms with Crippen LogP contribution in [0.25, 0.3) is 11.0 Å². The number of nitrogens with zero attached hydrogens (tertiary/aromatic N) is 3. The van der Waals surface area contributed by atoms with Gasteiger partial charge in [-0.15, -0.1) is 0 Å². The summed E-state index contributed by atoms with van der Waals surface area (Å²) in [6.45, 7) is 6.59. The van der Waals surface area contributed by atoms with Crippen LogP contribution in [0.3, 0.4) is 0 Å². The van der Waals surface area contributed by atoms with E-state index in [9.17, 15) is 4.79 Å². The topological polar surface area (TPSA) is 47.4 Å². The molecule has 0 aliphatic carbocycles. The number of aromatic nitrogens is 2. The van der Waals surface area contributed by atoms with E-state index in [-0.39, 0.29) is 11.8 Å². The lowest BCUT2D eigenvalue weighted by molar-refractivity contribution is -0.117. The molecule has 37 heavy (non-hydrogen) atoms. The molecule has 3 aromatic carbocycles. The molecule has 1 saturated heterocycles. The molecule has 0 radical (unpaired) electrons. The first kappa shape index (κ1) is 25.3. The number of rotatable bonds is 10. The monoisotopic (exact) mass is 515 g/mol. The minimum Gasteiger partial charge on any atom is -0.493 e. The number of carbonyl (C=O) groups excluding carboxylic acids is 1. The van der Waals surface area contributed by atoms with Gasteiger partial charge in [-0.3, -0.25) is 4.79 Å². The summed E-state index contributed by atoms with van der Waals surface area (Å²) in [6.07, 6.45) is 3.46. The Bertz CT molecular complexity index is 1380. The predicted molar refractivity (Wildman–Crippen MR) is 151 cm³/mol. The Kier molecular flexibility index (Phi) is 7.80. The van der Waals surface area contributed by atoms with Crippen LogP contribution in [-0.4, -0.2) is 28.6 Å². The molecule has 6 heteroatoms. The van der Waals surface area contributed by atoms with Crippen molar-refractivity contribution in [2.45, 2.75) is 57.9 Å². The van der Waals surface area contributed by atoms with Gasteiger partial charge in [-0.25, -0.2) is 4.98 Å². The molecule has 4 aromatic rings. The van der Waals surface area contributed by atoms with Crippen LogP contribution in [0.2, 0.25) is 5.02 Å². The molecular weight excluding hydrogens is 482 g/mol. The number of unbranched alkanes of at least 4 members (excludes halogenated alkanes) is 1. The molecule has 1 aliphatic heterocycles. The average Bonchev–Trinajstić information content (AvgIpc) is 3.48. The molecule has 5 rings (SSSR count). The number of para-hydroxylation sites is 3. The van der Waals surface area contributed by atoms with Crippen LogP contribution in [0.1, 0.15) is 62.8 Å². The molecule has 2 atom stereocenters. The Labute approximate surface area is 224 Å². The molecular formula is C31H34ClN3O2. The summed E-state index contributed by atoms with van der Waals surface area (Å²) in [5, 5.41) is 0.634. The number of carbonyl (C=O) groups is 1. The van der Waals surface area contributed by atoms with E-state index in [0.29, 0.717) is 30.5 Å². The molecule has 2 unspecified atom stereocenters. The molecule has 0 saturated carbocycles. The van der Waals surface area contributed by atoms with Gasteiger partial charge in [-0.1, -0.05) is 61.8 Å². The highest BCUT2D eigenvalue weighted by Gasteiger charge is 2.34. The highest BCUT2D eigenvalue weighted by atomic mass is 35.5. The smallest absolute Gasteiger partial charge is 0.227 e. The largest absolute Gasteiger partial charge is 0.493 e. The number of amides is 1. The van der Waals surface area contributed by atoms with Gasteiger partial charge in [-0.05, 0) is 67.1 Å². The van der Waals surface area contributed by atoms with E-state index < -0.39 is 0 Å². The Morgan fingerprint density at radius 3 is 2.70 bits per heavy atom. The van der Waals surface area contributed by atoms with Crippen LogP contribution in [0, 0.1) is 0 Å². The van der Waals surface area contributed by atoms with E-state index in [1.54, 1.807) is 0 Å². The highest BCUT2D eigenvalue weighted by molar-refractivity contribution is 6.30. The molecule has 1 aliphatic rings. The van der Waals surface area contributed by atoms with Crippen molar-refractivity contribution in [3.63, 3.8) is 0 Å². The van der Waals surface area contributed by atoms with Gasteiger partial charge in [-0.2, -0.15) is 0 Å².